The largest absolute Gasteiger partial charge is 0.397 e. The maximum atomic E-state index is 11.6. The predicted molar refractivity (Wildman–Crippen MR) is 70.2 cm³/mol. The first-order valence-electron chi connectivity index (χ1n) is 5.40. The van der Waals surface area contributed by atoms with E-state index in [0.717, 1.165) is 0 Å². The lowest BCUT2D eigenvalue weighted by Gasteiger charge is -2.10. The van der Waals surface area contributed by atoms with Crippen LogP contribution in [-0.4, -0.2) is 19.1 Å². The molecule has 5 heteroatoms. The number of hydrogen-bond donors (Lipinski definition) is 2. The van der Waals surface area contributed by atoms with Crippen molar-refractivity contribution in [2.45, 2.75) is 25.9 Å². The van der Waals surface area contributed by atoms with Crippen LogP contribution < -0.4 is 11.1 Å². The highest BCUT2D eigenvalue weighted by atomic mass is 35.5. The summed E-state index contributed by atoms with van der Waals surface area (Å²) in [5, 5.41) is 3.29. The number of nitrogens with two attached hydrogens (primary N) is 1. The minimum Gasteiger partial charge on any atom is -0.397 e. The number of halogens is 1. The monoisotopic (exact) mass is 256 g/mol. The molecule has 4 nitrogen and oxygen atoms in total. The van der Waals surface area contributed by atoms with Gasteiger partial charge in [-0.15, -0.1) is 0 Å². The summed E-state index contributed by atoms with van der Waals surface area (Å²) in [6, 6.07) is 4.98. The Morgan fingerprint density at radius 2 is 2.29 bits per heavy atom. The SMILES string of the molecule is COC(C)CCC(=O)Nc1ccc(Cl)cc1N. The number of nitrogens with one attached hydrogen (secondary N) is 1. The molecule has 1 rings (SSSR count). The van der Waals surface area contributed by atoms with Crippen LogP contribution in [0.4, 0.5) is 11.4 Å². The van der Waals surface area contributed by atoms with Gasteiger partial charge in [0.15, 0.2) is 0 Å². The van der Waals surface area contributed by atoms with E-state index in [9.17, 15) is 4.79 Å². The first-order chi connectivity index (χ1) is 8.02. The lowest BCUT2D eigenvalue weighted by molar-refractivity contribution is -0.116. The van der Waals surface area contributed by atoms with Crippen LogP contribution in [0.1, 0.15) is 19.8 Å². The van der Waals surface area contributed by atoms with Gasteiger partial charge in [0.05, 0.1) is 17.5 Å². The van der Waals surface area contributed by atoms with Crippen molar-refractivity contribution in [2.24, 2.45) is 0 Å². The molecule has 0 aliphatic rings. The van der Waals surface area contributed by atoms with Gasteiger partial charge in [0.25, 0.3) is 0 Å². The van der Waals surface area contributed by atoms with Crippen LogP contribution in [0.5, 0.6) is 0 Å². The van der Waals surface area contributed by atoms with Crippen molar-refractivity contribution >= 4 is 28.9 Å². The summed E-state index contributed by atoms with van der Waals surface area (Å²) in [6.07, 6.45) is 1.15. The summed E-state index contributed by atoms with van der Waals surface area (Å²) in [4.78, 5) is 11.6. The van der Waals surface area contributed by atoms with Crippen molar-refractivity contribution in [1.29, 1.82) is 0 Å². The second kappa shape index (κ2) is 6.47. The van der Waals surface area contributed by atoms with Crippen molar-refractivity contribution in [3.63, 3.8) is 0 Å². The Morgan fingerprint density at radius 3 is 2.88 bits per heavy atom. The summed E-state index contributed by atoms with van der Waals surface area (Å²) < 4.78 is 5.07. The number of carbonyl (C=O) groups excluding carboxylic acids is 1. The molecule has 0 aliphatic heterocycles. The van der Waals surface area contributed by atoms with Gasteiger partial charge < -0.3 is 15.8 Å². The second-order valence-electron chi connectivity index (χ2n) is 3.86. The number of benzene rings is 1. The number of hydrogen-bond acceptors (Lipinski definition) is 3. The molecule has 0 saturated heterocycles. The van der Waals surface area contributed by atoms with E-state index in [1.165, 1.54) is 0 Å². The van der Waals surface area contributed by atoms with E-state index in [2.05, 4.69) is 5.32 Å². The molecule has 17 heavy (non-hydrogen) atoms. The molecular formula is C12H17ClN2O2. The molecule has 0 spiro atoms. The zero-order chi connectivity index (χ0) is 12.8. The Kier molecular flexibility index (Phi) is 5.25. The highest BCUT2D eigenvalue weighted by Crippen LogP contribution is 2.22. The Hall–Kier alpha value is -1.26. The topological polar surface area (TPSA) is 64.3 Å². The molecular weight excluding hydrogens is 240 g/mol. The molecule has 0 bridgehead atoms. The highest BCUT2D eigenvalue weighted by molar-refractivity contribution is 6.31. The minimum atomic E-state index is -0.0806. The molecule has 0 aliphatic carbocycles. The number of rotatable bonds is 5. The van der Waals surface area contributed by atoms with Gasteiger partial charge in [0, 0.05) is 18.6 Å². The molecule has 1 unspecified atom stereocenters. The molecule has 1 amide bonds. The van der Waals surface area contributed by atoms with Crippen LogP contribution in [0, 0.1) is 0 Å². The van der Waals surface area contributed by atoms with Crippen molar-refractivity contribution in [2.75, 3.05) is 18.2 Å². The zero-order valence-corrected chi connectivity index (χ0v) is 10.8. The molecule has 0 saturated carbocycles. The van der Waals surface area contributed by atoms with Gasteiger partial charge in [0.2, 0.25) is 5.91 Å². The summed E-state index contributed by atoms with van der Waals surface area (Å²) in [5.41, 5.74) is 6.78. The molecule has 1 atom stereocenters. The number of ether oxygens (including phenoxy) is 1. The first kappa shape index (κ1) is 13.8. The third kappa shape index (κ3) is 4.63. The van der Waals surface area contributed by atoms with Gasteiger partial charge >= 0.3 is 0 Å². The van der Waals surface area contributed by atoms with E-state index in [1.54, 1.807) is 25.3 Å². The maximum absolute atomic E-state index is 11.6. The average Bonchev–Trinajstić information content (AvgIpc) is 2.29. The average molecular weight is 257 g/mol. The molecule has 1 aromatic rings. The van der Waals surface area contributed by atoms with E-state index in [0.29, 0.717) is 29.2 Å². The predicted octanol–water partition coefficient (Wildman–Crippen LogP) is 2.68. The van der Waals surface area contributed by atoms with Crippen molar-refractivity contribution in [3.8, 4) is 0 Å². The minimum absolute atomic E-state index is 0.0725. The first-order valence-corrected chi connectivity index (χ1v) is 5.78. The van der Waals surface area contributed by atoms with E-state index < -0.39 is 0 Å². The molecule has 0 aromatic heterocycles. The van der Waals surface area contributed by atoms with Crippen LogP contribution in [0.25, 0.3) is 0 Å². The van der Waals surface area contributed by atoms with Gasteiger partial charge in [0.1, 0.15) is 0 Å². The molecule has 0 fully saturated rings. The van der Waals surface area contributed by atoms with E-state index in [4.69, 9.17) is 22.1 Å². The van der Waals surface area contributed by atoms with Crippen LogP contribution in [-0.2, 0) is 9.53 Å². The van der Waals surface area contributed by atoms with Crippen LogP contribution in [0.15, 0.2) is 18.2 Å². The van der Waals surface area contributed by atoms with Crippen LogP contribution in [0.2, 0.25) is 5.02 Å². The summed E-state index contributed by atoms with van der Waals surface area (Å²) in [6.45, 7) is 1.92. The summed E-state index contributed by atoms with van der Waals surface area (Å²) in [5.74, 6) is -0.0806. The van der Waals surface area contributed by atoms with Gasteiger partial charge in [-0.05, 0) is 31.5 Å². The molecule has 0 heterocycles. The number of carbonyl (C=O) groups is 1. The maximum Gasteiger partial charge on any atom is 0.224 e. The zero-order valence-electron chi connectivity index (χ0n) is 10.00. The quantitative estimate of drug-likeness (QED) is 0.796. The standard InChI is InChI=1S/C12H17ClN2O2/c1-8(17-2)3-6-12(16)15-11-5-4-9(13)7-10(11)14/h4-5,7-8H,3,6,14H2,1-2H3,(H,15,16). The van der Waals surface area contributed by atoms with Gasteiger partial charge in [-0.1, -0.05) is 11.6 Å². The number of anilines is 2. The molecule has 3 N–H and O–H groups in total. The number of nitrogen functional groups attached to an aromatic ring is 1. The summed E-state index contributed by atoms with van der Waals surface area (Å²) >= 11 is 5.77. The van der Waals surface area contributed by atoms with Crippen LogP contribution >= 0.6 is 11.6 Å². The Labute approximate surface area is 106 Å². The lowest BCUT2D eigenvalue weighted by Crippen LogP contribution is -2.15. The molecule has 0 radical (unpaired) electrons. The van der Waals surface area contributed by atoms with Gasteiger partial charge in [-0.25, -0.2) is 0 Å². The Balaban J connectivity index is 2.50. The van der Waals surface area contributed by atoms with Crippen LogP contribution in [0.3, 0.4) is 0 Å². The number of amides is 1. The second-order valence-corrected chi connectivity index (χ2v) is 4.30. The Bertz CT molecular complexity index is 396. The Morgan fingerprint density at radius 1 is 1.59 bits per heavy atom. The van der Waals surface area contributed by atoms with Crippen molar-refractivity contribution < 1.29 is 9.53 Å². The lowest BCUT2D eigenvalue weighted by atomic mass is 10.2. The van der Waals surface area contributed by atoms with Crippen molar-refractivity contribution in [1.82, 2.24) is 0 Å². The summed E-state index contributed by atoms with van der Waals surface area (Å²) in [7, 11) is 1.62. The third-order valence-corrected chi connectivity index (χ3v) is 2.70. The van der Waals surface area contributed by atoms with Crippen molar-refractivity contribution in [3.05, 3.63) is 23.2 Å². The smallest absolute Gasteiger partial charge is 0.224 e. The van der Waals surface area contributed by atoms with E-state index in [-0.39, 0.29) is 12.0 Å². The van der Waals surface area contributed by atoms with Gasteiger partial charge in [-0.3, -0.25) is 4.79 Å². The fourth-order valence-electron chi connectivity index (χ4n) is 1.31. The molecule has 94 valence electrons. The van der Waals surface area contributed by atoms with E-state index >= 15 is 0 Å². The fraction of sp³-hybridized carbons (Fsp3) is 0.417. The third-order valence-electron chi connectivity index (χ3n) is 2.47. The number of methoxy groups -OCH3 is 1. The van der Waals surface area contributed by atoms with E-state index in [1.807, 2.05) is 6.92 Å². The highest BCUT2D eigenvalue weighted by Gasteiger charge is 2.08. The normalized spacial score (nSPS) is 12.2. The van der Waals surface area contributed by atoms with Gasteiger partial charge in [-0.2, -0.15) is 0 Å². The molecule has 1 aromatic carbocycles. The fourth-order valence-corrected chi connectivity index (χ4v) is 1.49.